The van der Waals surface area contributed by atoms with Crippen molar-refractivity contribution in [3.8, 4) is 0 Å². The molecule has 0 atom stereocenters. The van der Waals surface area contributed by atoms with Gasteiger partial charge in [-0.3, -0.25) is 4.79 Å². The Kier molecular flexibility index (Phi) is 3.37. The highest BCUT2D eigenvalue weighted by atomic mass is 16.2. The summed E-state index contributed by atoms with van der Waals surface area (Å²) in [6.07, 6.45) is 3.15. The van der Waals surface area contributed by atoms with Crippen LogP contribution in [0.4, 0.5) is 0 Å². The van der Waals surface area contributed by atoms with Crippen LogP contribution >= 0.6 is 0 Å². The summed E-state index contributed by atoms with van der Waals surface area (Å²) in [5.74, 6) is 0.164. The maximum Gasteiger partial charge on any atom is 0.291 e. The molecule has 4 nitrogen and oxygen atoms in total. The minimum absolute atomic E-state index is 0.106. The Morgan fingerprint density at radius 2 is 1.85 bits per heavy atom. The van der Waals surface area contributed by atoms with Gasteiger partial charge in [-0.15, -0.1) is 0 Å². The van der Waals surface area contributed by atoms with E-state index in [9.17, 15) is 4.79 Å². The number of carbonyl (C=O) groups is 1. The molecule has 1 aromatic heterocycles. The molecule has 1 amide bonds. The number of hydrogen-bond acceptors (Lipinski definition) is 3. The molecule has 4 heteroatoms. The second kappa shape index (κ2) is 4.54. The van der Waals surface area contributed by atoms with E-state index in [1.165, 1.54) is 0 Å². The normalized spacial score (nSPS) is 9.69. The van der Waals surface area contributed by atoms with Crippen molar-refractivity contribution < 1.29 is 4.79 Å². The van der Waals surface area contributed by atoms with Crippen LogP contribution in [0.2, 0.25) is 0 Å². The molecule has 0 fully saturated rings. The summed E-state index contributed by atoms with van der Waals surface area (Å²) in [7, 11) is 0. The van der Waals surface area contributed by atoms with Crippen LogP contribution in [0.3, 0.4) is 0 Å². The zero-order valence-corrected chi connectivity index (χ0v) is 7.90. The Balaban J connectivity index is 2.78. The van der Waals surface area contributed by atoms with Crippen molar-refractivity contribution in [2.45, 2.75) is 13.8 Å². The van der Waals surface area contributed by atoms with Gasteiger partial charge in [0.15, 0.2) is 0 Å². The summed E-state index contributed by atoms with van der Waals surface area (Å²) in [5.41, 5.74) is 0. The van der Waals surface area contributed by atoms with Gasteiger partial charge in [-0.2, -0.15) is 0 Å². The minimum Gasteiger partial charge on any atom is -0.336 e. The van der Waals surface area contributed by atoms with E-state index < -0.39 is 0 Å². The number of amides is 1. The van der Waals surface area contributed by atoms with E-state index in [1.807, 2.05) is 13.8 Å². The summed E-state index contributed by atoms with van der Waals surface area (Å²) in [5, 5.41) is 0. The van der Waals surface area contributed by atoms with E-state index in [0.717, 1.165) is 0 Å². The lowest BCUT2D eigenvalue weighted by Crippen LogP contribution is -2.31. The van der Waals surface area contributed by atoms with Gasteiger partial charge in [-0.25, -0.2) is 9.97 Å². The molecule has 0 aliphatic rings. The minimum atomic E-state index is -0.106. The van der Waals surface area contributed by atoms with Crippen LogP contribution in [0.5, 0.6) is 0 Å². The average molecular weight is 179 g/mol. The Morgan fingerprint density at radius 3 is 2.31 bits per heavy atom. The molecule has 70 valence electrons. The Hall–Kier alpha value is -1.45. The quantitative estimate of drug-likeness (QED) is 0.694. The van der Waals surface area contributed by atoms with Crippen molar-refractivity contribution in [3.63, 3.8) is 0 Å². The highest BCUT2D eigenvalue weighted by Crippen LogP contribution is 1.96. The average Bonchev–Trinajstić information content (AvgIpc) is 2.21. The molecule has 0 aliphatic heterocycles. The van der Waals surface area contributed by atoms with Gasteiger partial charge in [-0.1, -0.05) is 0 Å². The fourth-order valence-electron chi connectivity index (χ4n) is 1.06. The highest BCUT2D eigenvalue weighted by Gasteiger charge is 2.13. The lowest BCUT2D eigenvalue weighted by Gasteiger charge is -2.16. The zero-order chi connectivity index (χ0) is 9.68. The van der Waals surface area contributed by atoms with Gasteiger partial charge in [0.1, 0.15) is 0 Å². The highest BCUT2D eigenvalue weighted by molar-refractivity contribution is 5.90. The summed E-state index contributed by atoms with van der Waals surface area (Å²) in [6, 6.07) is 1.69. The third kappa shape index (κ3) is 2.24. The van der Waals surface area contributed by atoms with Crippen LogP contribution in [0.1, 0.15) is 24.5 Å². The van der Waals surface area contributed by atoms with Crippen LogP contribution in [0.15, 0.2) is 18.5 Å². The van der Waals surface area contributed by atoms with Crippen LogP contribution in [-0.4, -0.2) is 33.9 Å². The van der Waals surface area contributed by atoms with Gasteiger partial charge < -0.3 is 4.90 Å². The maximum absolute atomic E-state index is 11.6. The van der Waals surface area contributed by atoms with Gasteiger partial charge in [-0.05, 0) is 19.9 Å². The third-order valence-corrected chi connectivity index (χ3v) is 1.81. The molecule has 0 radical (unpaired) electrons. The molecule has 0 saturated heterocycles. The van der Waals surface area contributed by atoms with Crippen molar-refractivity contribution in [1.82, 2.24) is 14.9 Å². The van der Waals surface area contributed by atoms with E-state index in [0.29, 0.717) is 13.1 Å². The van der Waals surface area contributed by atoms with Crippen molar-refractivity contribution in [3.05, 3.63) is 24.3 Å². The molecule has 0 spiro atoms. The molecule has 1 rings (SSSR count). The first-order valence-electron chi connectivity index (χ1n) is 4.35. The first-order chi connectivity index (χ1) is 6.29. The fourth-order valence-corrected chi connectivity index (χ4v) is 1.06. The summed E-state index contributed by atoms with van der Waals surface area (Å²) in [4.78, 5) is 21.1. The monoisotopic (exact) mass is 179 g/mol. The SMILES string of the molecule is CCN(CC)C(=O)c1ncccn1. The van der Waals surface area contributed by atoms with Crippen LogP contribution in [0.25, 0.3) is 0 Å². The first kappa shape index (κ1) is 9.64. The third-order valence-electron chi connectivity index (χ3n) is 1.81. The Labute approximate surface area is 77.6 Å². The Bertz CT molecular complexity index is 269. The van der Waals surface area contributed by atoms with Gasteiger partial charge >= 0.3 is 0 Å². The standard InChI is InChI=1S/C9H13N3O/c1-3-12(4-2)9(13)8-10-6-5-7-11-8/h5-7H,3-4H2,1-2H3. The van der Waals surface area contributed by atoms with Crippen molar-refractivity contribution in [2.24, 2.45) is 0 Å². The number of nitrogens with zero attached hydrogens (tertiary/aromatic N) is 3. The number of rotatable bonds is 3. The summed E-state index contributed by atoms with van der Waals surface area (Å²) >= 11 is 0. The number of aromatic nitrogens is 2. The molecule has 13 heavy (non-hydrogen) atoms. The second-order valence-corrected chi connectivity index (χ2v) is 2.55. The molecule has 0 N–H and O–H groups in total. The van der Waals surface area contributed by atoms with E-state index >= 15 is 0 Å². The van der Waals surface area contributed by atoms with Gasteiger partial charge in [0.2, 0.25) is 5.82 Å². The predicted molar refractivity (Wildman–Crippen MR) is 49.3 cm³/mol. The molecule has 0 saturated carbocycles. The largest absolute Gasteiger partial charge is 0.336 e. The van der Waals surface area contributed by atoms with Crippen molar-refractivity contribution in [1.29, 1.82) is 0 Å². The maximum atomic E-state index is 11.6. The van der Waals surface area contributed by atoms with Gasteiger partial charge in [0.25, 0.3) is 5.91 Å². The zero-order valence-electron chi connectivity index (χ0n) is 7.90. The lowest BCUT2D eigenvalue weighted by atomic mass is 10.4. The molecule has 0 aromatic carbocycles. The second-order valence-electron chi connectivity index (χ2n) is 2.55. The van der Waals surface area contributed by atoms with Crippen molar-refractivity contribution >= 4 is 5.91 Å². The lowest BCUT2D eigenvalue weighted by molar-refractivity contribution is 0.0760. The van der Waals surface area contributed by atoms with E-state index in [-0.39, 0.29) is 11.7 Å². The smallest absolute Gasteiger partial charge is 0.291 e. The summed E-state index contributed by atoms with van der Waals surface area (Å²) in [6.45, 7) is 5.25. The summed E-state index contributed by atoms with van der Waals surface area (Å²) < 4.78 is 0. The number of hydrogen-bond donors (Lipinski definition) is 0. The van der Waals surface area contributed by atoms with Crippen molar-refractivity contribution in [2.75, 3.05) is 13.1 Å². The molecule has 1 aromatic rings. The molecule has 1 heterocycles. The fraction of sp³-hybridized carbons (Fsp3) is 0.444. The first-order valence-corrected chi connectivity index (χ1v) is 4.35. The molecular formula is C9H13N3O. The van der Waals surface area contributed by atoms with Crippen LogP contribution in [0, 0.1) is 0 Å². The predicted octanol–water partition coefficient (Wildman–Crippen LogP) is 0.959. The van der Waals surface area contributed by atoms with E-state index in [1.54, 1.807) is 23.4 Å². The molecule has 0 aliphatic carbocycles. The van der Waals surface area contributed by atoms with E-state index in [2.05, 4.69) is 9.97 Å². The molecule has 0 unspecified atom stereocenters. The molecule has 0 bridgehead atoms. The number of carbonyl (C=O) groups excluding carboxylic acids is 1. The molecular weight excluding hydrogens is 166 g/mol. The Morgan fingerprint density at radius 1 is 1.31 bits per heavy atom. The van der Waals surface area contributed by atoms with E-state index in [4.69, 9.17) is 0 Å². The van der Waals surface area contributed by atoms with Crippen LogP contribution < -0.4 is 0 Å². The topological polar surface area (TPSA) is 46.1 Å². The van der Waals surface area contributed by atoms with Gasteiger partial charge in [0, 0.05) is 25.5 Å². The van der Waals surface area contributed by atoms with Crippen LogP contribution in [-0.2, 0) is 0 Å². The van der Waals surface area contributed by atoms with Gasteiger partial charge in [0.05, 0.1) is 0 Å².